The van der Waals surface area contributed by atoms with Crippen LogP contribution in [0.3, 0.4) is 0 Å². The molecule has 2 N–H and O–H groups in total. The minimum absolute atomic E-state index is 0.0229. The Kier molecular flexibility index (Phi) is 11.2. The van der Waals surface area contributed by atoms with Crippen molar-refractivity contribution in [1.82, 2.24) is 15.2 Å². The maximum absolute atomic E-state index is 12.8. The molecule has 196 valence electrons. The Morgan fingerprint density at radius 3 is 2.69 bits per heavy atom. The molecule has 0 spiro atoms. The van der Waals surface area contributed by atoms with Crippen molar-refractivity contribution in [2.24, 2.45) is 0 Å². The van der Waals surface area contributed by atoms with Gasteiger partial charge in [-0.25, -0.2) is 9.59 Å². The second-order valence-corrected chi connectivity index (χ2v) is 9.37. The molecule has 1 fully saturated rings. The van der Waals surface area contributed by atoms with Gasteiger partial charge in [0.15, 0.2) is 0 Å². The molecule has 8 nitrogen and oxygen atoms in total. The number of nitrogens with one attached hydrogen (secondary N) is 1. The highest BCUT2D eigenvalue weighted by atomic mass is 16.5. The first kappa shape index (κ1) is 27.6. The van der Waals surface area contributed by atoms with Crippen molar-refractivity contribution in [2.45, 2.75) is 77.7 Å². The van der Waals surface area contributed by atoms with Crippen LogP contribution in [-0.2, 0) is 22.6 Å². The number of amides is 2. The molecular formula is C28H39N3O5. The van der Waals surface area contributed by atoms with Crippen LogP contribution in [0.4, 0.5) is 4.79 Å². The van der Waals surface area contributed by atoms with E-state index in [2.05, 4.69) is 17.2 Å². The lowest BCUT2D eigenvalue weighted by Crippen LogP contribution is -2.42. The van der Waals surface area contributed by atoms with Crippen LogP contribution < -0.4 is 5.32 Å². The molecule has 1 saturated carbocycles. The van der Waals surface area contributed by atoms with Gasteiger partial charge in [0.2, 0.25) is 0 Å². The first-order valence-electron chi connectivity index (χ1n) is 12.9. The minimum Gasteiger partial charge on any atom is -0.478 e. The molecule has 0 saturated heterocycles. The van der Waals surface area contributed by atoms with Gasteiger partial charge in [-0.15, -0.1) is 0 Å². The number of hydrogen-bond donors (Lipinski definition) is 2. The fourth-order valence-electron chi connectivity index (χ4n) is 4.55. The van der Waals surface area contributed by atoms with Crippen molar-refractivity contribution in [3.8, 4) is 0 Å². The lowest BCUT2D eigenvalue weighted by Gasteiger charge is -2.30. The molecule has 0 unspecified atom stereocenters. The molecule has 1 aliphatic rings. The molecule has 2 amide bonds. The maximum atomic E-state index is 12.8. The smallest absolute Gasteiger partial charge is 0.336 e. The van der Waals surface area contributed by atoms with Gasteiger partial charge >= 0.3 is 12.0 Å². The van der Waals surface area contributed by atoms with Crippen molar-refractivity contribution in [2.75, 3.05) is 19.7 Å². The average molecular weight is 498 g/mol. The number of carboxylic acid groups (broad SMARTS) is 1. The molecule has 1 aromatic carbocycles. The summed E-state index contributed by atoms with van der Waals surface area (Å²) in [4.78, 5) is 30.3. The summed E-state index contributed by atoms with van der Waals surface area (Å²) in [6, 6.07) is 9.23. The van der Waals surface area contributed by atoms with Crippen LogP contribution in [0.1, 0.15) is 72.5 Å². The Bertz CT molecular complexity index is 969. The highest BCUT2D eigenvalue weighted by Crippen LogP contribution is 2.25. The van der Waals surface area contributed by atoms with Crippen molar-refractivity contribution >= 4 is 12.0 Å². The molecule has 36 heavy (non-hydrogen) atoms. The normalized spacial score (nSPS) is 17.5. The molecule has 3 rings (SSSR count). The molecule has 0 bridgehead atoms. The Morgan fingerprint density at radius 1 is 1.17 bits per heavy atom. The summed E-state index contributed by atoms with van der Waals surface area (Å²) < 4.78 is 12.3. The Labute approximate surface area is 214 Å². The average Bonchev–Trinajstić information content (AvgIpc) is 2.87. The lowest BCUT2D eigenvalue weighted by atomic mass is 9.94. The van der Waals surface area contributed by atoms with E-state index >= 15 is 0 Å². The summed E-state index contributed by atoms with van der Waals surface area (Å²) in [5, 5.41) is 12.5. The summed E-state index contributed by atoms with van der Waals surface area (Å²) in [5.74, 6) is -0.925. The lowest BCUT2D eigenvalue weighted by molar-refractivity contribution is -0.0526. The van der Waals surface area contributed by atoms with Crippen LogP contribution in [0.2, 0.25) is 0 Å². The van der Waals surface area contributed by atoms with E-state index in [1.165, 1.54) is 0 Å². The van der Waals surface area contributed by atoms with Gasteiger partial charge in [-0.05, 0) is 61.8 Å². The van der Waals surface area contributed by atoms with Crippen molar-refractivity contribution in [3.63, 3.8) is 0 Å². The van der Waals surface area contributed by atoms with E-state index in [-0.39, 0.29) is 24.8 Å². The van der Waals surface area contributed by atoms with E-state index in [0.29, 0.717) is 37.4 Å². The minimum atomic E-state index is -0.925. The number of urea groups is 1. The molecule has 2 atom stereocenters. The molecule has 1 heterocycles. The third-order valence-corrected chi connectivity index (χ3v) is 6.53. The molecule has 2 aromatic rings. The number of carbonyl (C=O) groups excluding carboxylic acids is 1. The summed E-state index contributed by atoms with van der Waals surface area (Å²) in [5.41, 5.74) is 2.74. The number of pyridine rings is 1. The maximum Gasteiger partial charge on any atom is 0.336 e. The van der Waals surface area contributed by atoms with Crippen LogP contribution in [0.15, 0.2) is 42.7 Å². The second-order valence-electron chi connectivity index (χ2n) is 9.37. The SMILES string of the molecule is CCCCNC(=O)N(CCO[C@@H]1CCC[C@H](OCc2cccc(C)c2C(=O)O)C1)Cc1cccnc1. The van der Waals surface area contributed by atoms with E-state index in [0.717, 1.165) is 49.7 Å². The van der Waals surface area contributed by atoms with Gasteiger partial charge in [-0.2, -0.15) is 0 Å². The number of rotatable bonds is 13. The van der Waals surface area contributed by atoms with Gasteiger partial charge in [0.25, 0.3) is 0 Å². The highest BCUT2D eigenvalue weighted by Gasteiger charge is 2.24. The number of nitrogens with zero attached hydrogens (tertiary/aromatic N) is 2. The summed E-state index contributed by atoms with van der Waals surface area (Å²) in [6.07, 6.45) is 9.20. The van der Waals surface area contributed by atoms with Crippen molar-refractivity contribution in [3.05, 3.63) is 65.0 Å². The number of benzene rings is 1. The monoisotopic (exact) mass is 497 g/mol. The quantitative estimate of drug-likeness (QED) is 0.380. The predicted molar refractivity (Wildman–Crippen MR) is 138 cm³/mol. The van der Waals surface area contributed by atoms with E-state index in [1.54, 1.807) is 30.3 Å². The van der Waals surface area contributed by atoms with Crippen LogP contribution in [0, 0.1) is 6.92 Å². The summed E-state index contributed by atoms with van der Waals surface area (Å²) >= 11 is 0. The number of ether oxygens (including phenoxy) is 2. The fraction of sp³-hybridized carbons (Fsp3) is 0.536. The van der Waals surface area contributed by atoms with Crippen LogP contribution >= 0.6 is 0 Å². The predicted octanol–water partition coefficient (Wildman–Crippen LogP) is 4.94. The first-order chi connectivity index (χ1) is 17.5. The van der Waals surface area contributed by atoms with Crippen molar-refractivity contribution in [1.29, 1.82) is 0 Å². The molecule has 8 heteroatoms. The molecule has 0 aliphatic heterocycles. The zero-order valence-corrected chi connectivity index (χ0v) is 21.4. The van der Waals surface area contributed by atoms with Gasteiger partial charge in [0, 0.05) is 32.0 Å². The second kappa shape index (κ2) is 14.6. The number of aromatic nitrogens is 1. The zero-order valence-electron chi connectivity index (χ0n) is 21.4. The van der Waals surface area contributed by atoms with Crippen LogP contribution in [0.5, 0.6) is 0 Å². The zero-order chi connectivity index (χ0) is 25.8. The number of aryl methyl sites for hydroxylation is 1. The molecule has 1 aromatic heterocycles. The van der Waals surface area contributed by atoms with Gasteiger partial charge < -0.3 is 24.8 Å². The molecular weight excluding hydrogens is 458 g/mol. The third-order valence-electron chi connectivity index (χ3n) is 6.53. The van der Waals surface area contributed by atoms with Gasteiger partial charge in [-0.3, -0.25) is 4.98 Å². The number of carbonyl (C=O) groups is 2. The first-order valence-corrected chi connectivity index (χ1v) is 12.9. The number of unbranched alkanes of at least 4 members (excludes halogenated alkanes) is 1. The molecule has 0 radical (unpaired) electrons. The summed E-state index contributed by atoms with van der Waals surface area (Å²) in [7, 11) is 0. The summed E-state index contributed by atoms with van der Waals surface area (Å²) in [6.45, 7) is 6.25. The molecule has 1 aliphatic carbocycles. The van der Waals surface area contributed by atoms with Crippen LogP contribution in [0.25, 0.3) is 0 Å². The highest BCUT2D eigenvalue weighted by molar-refractivity contribution is 5.91. The van der Waals surface area contributed by atoms with Gasteiger partial charge in [-0.1, -0.05) is 37.6 Å². The fourth-order valence-corrected chi connectivity index (χ4v) is 4.55. The Morgan fingerprint density at radius 2 is 1.97 bits per heavy atom. The topological polar surface area (TPSA) is 101 Å². The van der Waals surface area contributed by atoms with E-state index in [9.17, 15) is 14.7 Å². The Balaban J connectivity index is 1.49. The van der Waals surface area contributed by atoms with Gasteiger partial charge in [0.1, 0.15) is 0 Å². The van der Waals surface area contributed by atoms with Crippen molar-refractivity contribution < 1.29 is 24.2 Å². The van der Waals surface area contributed by atoms with E-state index < -0.39 is 5.97 Å². The van der Waals surface area contributed by atoms with Crippen LogP contribution in [-0.4, -0.2) is 58.9 Å². The number of aromatic carboxylic acids is 1. The standard InChI is InChI=1S/C28H39N3O5/c1-3-4-14-30-28(34)31(19-22-9-7-13-29-18-22)15-16-35-24-11-6-12-25(17-24)36-20-23-10-5-8-21(2)26(23)27(32)33/h5,7-10,13,18,24-25H,3-4,6,11-12,14-17,19-20H2,1-2H3,(H,30,34)(H,32,33)/t24-,25+/m1/s1. The van der Waals surface area contributed by atoms with E-state index in [1.807, 2.05) is 24.3 Å². The number of carboxylic acids is 1. The van der Waals surface area contributed by atoms with Gasteiger partial charge in [0.05, 0.1) is 31.0 Å². The largest absolute Gasteiger partial charge is 0.478 e. The number of hydrogen-bond acceptors (Lipinski definition) is 5. The third kappa shape index (κ3) is 8.60. The van der Waals surface area contributed by atoms with E-state index in [4.69, 9.17) is 9.47 Å². The Hall–Kier alpha value is -2.97.